The van der Waals surface area contributed by atoms with E-state index in [1.165, 1.54) is 0 Å². The summed E-state index contributed by atoms with van der Waals surface area (Å²) >= 11 is 0. The lowest BCUT2D eigenvalue weighted by Crippen LogP contribution is -2.52. The maximum absolute atomic E-state index is 13.4. The number of alkyl halides is 5. The van der Waals surface area contributed by atoms with Gasteiger partial charge in [-0.1, -0.05) is 0 Å². The van der Waals surface area contributed by atoms with Crippen LogP contribution in [-0.2, 0) is 19.6 Å². The van der Waals surface area contributed by atoms with E-state index in [0.717, 1.165) is 0 Å². The second kappa shape index (κ2) is 9.10. The molecule has 1 N–H and O–H groups in total. The van der Waals surface area contributed by atoms with Gasteiger partial charge in [-0.15, -0.1) is 0 Å². The third kappa shape index (κ3) is 7.54. The van der Waals surface area contributed by atoms with Crippen molar-refractivity contribution in [2.75, 3.05) is 40.3 Å². The minimum absolute atomic E-state index is 0.0104. The summed E-state index contributed by atoms with van der Waals surface area (Å²) < 4.78 is 87.4. The Kier molecular flexibility index (Phi) is 8.58. The van der Waals surface area contributed by atoms with E-state index in [4.69, 9.17) is 5.11 Å². The molecule has 0 saturated heterocycles. The van der Waals surface area contributed by atoms with Crippen LogP contribution >= 0.6 is 0 Å². The highest BCUT2D eigenvalue weighted by molar-refractivity contribution is 7.90. The van der Waals surface area contributed by atoms with Gasteiger partial charge in [-0.05, 0) is 0 Å². The summed E-state index contributed by atoms with van der Waals surface area (Å²) in [6.07, 6.45) is -7.86. The fourth-order valence-electron chi connectivity index (χ4n) is 2.06. The van der Waals surface area contributed by atoms with E-state index in [1.54, 1.807) is 14.1 Å². The third-order valence-corrected chi connectivity index (χ3v) is 5.59. The molecule has 0 atom stereocenters. The van der Waals surface area contributed by atoms with Crippen molar-refractivity contribution in [2.24, 2.45) is 0 Å². The highest BCUT2D eigenvalue weighted by Gasteiger charge is 2.68. The van der Waals surface area contributed by atoms with Gasteiger partial charge in [0.2, 0.25) is 0 Å². The molecule has 0 spiro atoms. The van der Waals surface area contributed by atoms with Crippen LogP contribution in [0.2, 0.25) is 0 Å². The first-order valence-corrected chi connectivity index (χ1v) is 9.06. The monoisotopic (exact) mass is 428 g/mol. The molecule has 0 fully saturated rings. The van der Waals surface area contributed by atoms with Crippen molar-refractivity contribution in [1.82, 2.24) is 4.31 Å². The lowest BCUT2D eigenvalue weighted by molar-refractivity contribution is -0.890. The number of carboxylic acid groups (broad SMARTS) is 2. The van der Waals surface area contributed by atoms with Crippen LogP contribution in [0.4, 0.5) is 22.0 Å². The zero-order chi connectivity index (χ0) is 21.7. The molecule has 0 rings (SSSR count). The van der Waals surface area contributed by atoms with E-state index < -0.39 is 52.9 Å². The number of quaternary nitrogens is 1. The molecule has 0 aromatic heterocycles. The number of rotatable bonds is 12. The number of aliphatic carboxylic acids is 2. The Bertz CT molecular complexity index is 636. The van der Waals surface area contributed by atoms with Gasteiger partial charge in [0, 0.05) is 31.9 Å². The lowest BCUT2D eigenvalue weighted by atomic mass is 10.3. The predicted octanol–water partition coefficient (Wildman–Crippen LogP) is -0.145. The normalized spacial score (nSPS) is 13.8. The largest absolute Gasteiger partial charge is 0.550 e. The molecule has 0 heterocycles. The topological polar surface area (TPSA) is 115 Å². The number of carbonyl (C=O) groups excluding carboxylic acids is 1. The maximum atomic E-state index is 13.4. The Morgan fingerprint density at radius 1 is 1.04 bits per heavy atom. The van der Waals surface area contributed by atoms with Crippen LogP contribution in [0.25, 0.3) is 0 Å². The van der Waals surface area contributed by atoms with Crippen LogP contribution < -0.4 is 5.11 Å². The Morgan fingerprint density at radius 2 is 1.56 bits per heavy atom. The van der Waals surface area contributed by atoms with Crippen molar-refractivity contribution in [3.05, 3.63) is 0 Å². The summed E-state index contributed by atoms with van der Waals surface area (Å²) in [5.41, 5.74) is 0. The van der Waals surface area contributed by atoms with Crippen LogP contribution in [0.5, 0.6) is 0 Å². The average molecular weight is 428 g/mol. The number of sulfonamides is 1. The first-order chi connectivity index (χ1) is 11.9. The zero-order valence-corrected chi connectivity index (χ0v) is 15.4. The fourth-order valence-corrected chi connectivity index (χ4v) is 3.38. The van der Waals surface area contributed by atoms with Crippen molar-refractivity contribution < 1.29 is 54.7 Å². The molecule has 0 aromatic carbocycles. The summed E-state index contributed by atoms with van der Waals surface area (Å²) in [6, 6.07) is 0. The molecule has 0 bridgehead atoms. The minimum atomic E-state index is -6.36. The molecule has 0 aromatic rings. The van der Waals surface area contributed by atoms with Crippen molar-refractivity contribution in [1.29, 1.82) is 0 Å². The van der Waals surface area contributed by atoms with Gasteiger partial charge in [-0.25, -0.2) is 8.42 Å². The number of halogens is 5. The number of nitrogens with zero attached hydrogens (tertiary/aromatic N) is 2. The Morgan fingerprint density at radius 3 is 1.96 bits per heavy atom. The molecule has 8 nitrogen and oxygen atoms in total. The van der Waals surface area contributed by atoms with Gasteiger partial charge in [-0.2, -0.15) is 26.3 Å². The van der Waals surface area contributed by atoms with Crippen molar-refractivity contribution in [3.63, 3.8) is 0 Å². The van der Waals surface area contributed by atoms with Crippen LogP contribution in [0.1, 0.15) is 19.3 Å². The number of carboxylic acids is 2. The molecule has 0 saturated carbocycles. The second-order valence-corrected chi connectivity index (χ2v) is 8.40. The summed E-state index contributed by atoms with van der Waals surface area (Å²) in [7, 11) is -3.11. The molecular formula is C13H21F5N2O6S. The van der Waals surface area contributed by atoms with Crippen LogP contribution in [0, 0.1) is 0 Å². The van der Waals surface area contributed by atoms with E-state index in [9.17, 15) is 45.1 Å². The highest BCUT2D eigenvalue weighted by atomic mass is 32.2. The van der Waals surface area contributed by atoms with E-state index in [-0.39, 0.29) is 34.7 Å². The van der Waals surface area contributed by atoms with Crippen LogP contribution in [-0.4, -0.2) is 86.0 Å². The van der Waals surface area contributed by atoms with Gasteiger partial charge in [0.15, 0.2) is 0 Å². The van der Waals surface area contributed by atoms with Gasteiger partial charge < -0.3 is 19.5 Å². The Hall–Kier alpha value is -1.54. The average Bonchev–Trinajstić information content (AvgIpc) is 2.46. The molecule has 0 aliphatic carbocycles. The smallest absolute Gasteiger partial charge is 0.470 e. The molecule has 0 amide bonds. The third-order valence-electron chi connectivity index (χ3n) is 3.66. The zero-order valence-electron chi connectivity index (χ0n) is 14.6. The molecule has 0 aliphatic heterocycles. The SMILES string of the molecule is C[N+](C)(CCCN(CCC(=O)O)S(=O)(=O)C(F)(F)C(F)(F)F)CCC(=O)[O-]. The summed E-state index contributed by atoms with van der Waals surface area (Å²) in [5, 5.41) is 13.0. The van der Waals surface area contributed by atoms with E-state index in [0.29, 0.717) is 0 Å². The maximum Gasteiger partial charge on any atom is 0.470 e. The van der Waals surface area contributed by atoms with Gasteiger partial charge in [0.05, 0.1) is 33.6 Å². The lowest BCUT2D eigenvalue weighted by Gasteiger charge is -2.32. The van der Waals surface area contributed by atoms with Crippen LogP contribution in [0.15, 0.2) is 0 Å². The molecular weight excluding hydrogens is 407 g/mol. The Balaban J connectivity index is 5.28. The summed E-state index contributed by atoms with van der Waals surface area (Å²) in [6.45, 7) is -1.74. The minimum Gasteiger partial charge on any atom is -0.550 e. The van der Waals surface area contributed by atoms with Crippen LogP contribution in [0.3, 0.4) is 0 Å². The van der Waals surface area contributed by atoms with Gasteiger partial charge >= 0.3 is 17.4 Å². The molecule has 0 unspecified atom stereocenters. The van der Waals surface area contributed by atoms with Crippen molar-refractivity contribution in [2.45, 2.75) is 30.7 Å². The van der Waals surface area contributed by atoms with E-state index in [2.05, 4.69) is 0 Å². The fraction of sp³-hybridized carbons (Fsp3) is 0.846. The van der Waals surface area contributed by atoms with Crippen molar-refractivity contribution >= 4 is 22.0 Å². The quantitative estimate of drug-likeness (QED) is 0.342. The first kappa shape index (κ1) is 25.5. The summed E-state index contributed by atoms with van der Waals surface area (Å²) in [5.74, 6) is -2.91. The highest BCUT2D eigenvalue weighted by Crippen LogP contribution is 2.41. The first-order valence-electron chi connectivity index (χ1n) is 7.62. The second-order valence-electron chi connectivity index (χ2n) is 6.42. The standard InChI is InChI=1S/C13H21F5N2O6S/c1-20(2,9-5-11(23)24)8-3-6-19(7-4-10(21)22)27(25,26)13(17,18)12(14,15)16/h3-9H2,1-2H3,(H-,21,22,23,24). The van der Waals surface area contributed by atoms with Crippen molar-refractivity contribution in [3.8, 4) is 0 Å². The molecule has 0 aliphatic rings. The number of carbonyl (C=O) groups is 2. The number of hydrogen-bond acceptors (Lipinski definition) is 5. The van der Waals surface area contributed by atoms with E-state index in [1.807, 2.05) is 0 Å². The molecule has 160 valence electrons. The van der Waals surface area contributed by atoms with Gasteiger partial charge in [0.1, 0.15) is 0 Å². The molecule has 14 heteroatoms. The summed E-state index contributed by atoms with van der Waals surface area (Å²) in [4.78, 5) is 21.0. The van der Waals surface area contributed by atoms with E-state index >= 15 is 0 Å². The Labute approximate surface area is 152 Å². The van der Waals surface area contributed by atoms with Gasteiger partial charge in [-0.3, -0.25) is 4.79 Å². The number of hydrogen-bond donors (Lipinski definition) is 1. The molecule has 27 heavy (non-hydrogen) atoms. The predicted molar refractivity (Wildman–Crippen MR) is 79.8 cm³/mol. The van der Waals surface area contributed by atoms with Gasteiger partial charge in [0.25, 0.3) is 10.0 Å². The molecule has 0 radical (unpaired) electrons.